The number of hydrogen-bond donors (Lipinski definition) is 2. The summed E-state index contributed by atoms with van der Waals surface area (Å²) in [6, 6.07) is 9.77. The van der Waals surface area contributed by atoms with Crippen molar-refractivity contribution in [2.24, 2.45) is 5.92 Å². The lowest BCUT2D eigenvalue weighted by molar-refractivity contribution is -0.124. The third-order valence-electron chi connectivity index (χ3n) is 4.92. The summed E-state index contributed by atoms with van der Waals surface area (Å²) in [5, 5.41) is 10.1. The Morgan fingerprint density at radius 1 is 1.17 bits per heavy atom. The third kappa shape index (κ3) is 2.68. The summed E-state index contributed by atoms with van der Waals surface area (Å²) in [7, 11) is 0. The normalized spacial score (nSPS) is 23.5. The van der Waals surface area contributed by atoms with Crippen LogP contribution in [0, 0.1) is 5.92 Å². The molecule has 0 saturated carbocycles. The highest BCUT2D eigenvalue weighted by molar-refractivity contribution is 6.00. The average molecular weight is 324 g/mol. The van der Waals surface area contributed by atoms with Gasteiger partial charge in [-0.15, -0.1) is 0 Å². The van der Waals surface area contributed by atoms with Gasteiger partial charge in [-0.05, 0) is 12.8 Å². The Kier molecular flexibility index (Phi) is 3.80. The zero-order chi connectivity index (χ0) is 16.5. The van der Waals surface area contributed by atoms with Crippen LogP contribution in [-0.2, 0) is 4.79 Å². The van der Waals surface area contributed by atoms with Crippen LogP contribution in [0.15, 0.2) is 36.5 Å². The van der Waals surface area contributed by atoms with Crippen molar-refractivity contribution in [3.63, 3.8) is 0 Å². The summed E-state index contributed by atoms with van der Waals surface area (Å²) in [6.07, 6.45) is 4.41. The second-order valence-corrected chi connectivity index (χ2v) is 6.57. The van der Waals surface area contributed by atoms with E-state index in [2.05, 4.69) is 15.5 Å². The summed E-state index contributed by atoms with van der Waals surface area (Å²) in [5.41, 5.74) is 2.23. The molecule has 4 rings (SSSR count). The minimum absolute atomic E-state index is 0.0565. The lowest BCUT2D eigenvalue weighted by Gasteiger charge is -2.27. The summed E-state index contributed by atoms with van der Waals surface area (Å²) in [6.45, 7) is 1.06. The largest absolute Gasteiger partial charge is 0.351 e. The van der Waals surface area contributed by atoms with E-state index in [0.717, 1.165) is 30.5 Å². The number of aromatic nitrogens is 2. The van der Waals surface area contributed by atoms with Crippen molar-refractivity contribution in [1.29, 1.82) is 0 Å². The van der Waals surface area contributed by atoms with E-state index in [1.807, 2.05) is 35.2 Å². The van der Waals surface area contributed by atoms with Crippen LogP contribution in [0.4, 0.5) is 0 Å². The predicted octanol–water partition coefficient (Wildman–Crippen LogP) is 1.82. The molecule has 1 aromatic heterocycles. The molecule has 2 atom stereocenters. The monoisotopic (exact) mass is 324 g/mol. The minimum atomic E-state index is -0.103. The first-order chi connectivity index (χ1) is 11.7. The van der Waals surface area contributed by atoms with Crippen LogP contribution in [0.2, 0.25) is 0 Å². The molecule has 6 heteroatoms. The van der Waals surface area contributed by atoms with Crippen LogP contribution >= 0.6 is 0 Å². The molecular formula is C18H20N4O2. The van der Waals surface area contributed by atoms with E-state index in [4.69, 9.17) is 0 Å². The van der Waals surface area contributed by atoms with Gasteiger partial charge in [-0.2, -0.15) is 5.10 Å². The van der Waals surface area contributed by atoms with Crippen molar-refractivity contribution in [1.82, 2.24) is 20.4 Å². The maximum Gasteiger partial charge on any atom is 0.257 e. The molecule has 2 bridgehead atoms. The standard InChI is InChI=1S/C18H20N4O2/c23-17-13-7-4-8-14(20-17)11-22(10-13)18(24)15-9-19-21-16(15)12-5-2-1-3-6-12/h1-3,5-6,9,13-14H,4,7-8,10-11H2,(H,19,21)(H,20,23)/t13-,14-/m1/s1. The highest BCUT2D eigenvalue weighted by atomic mass is 16.2. The van der Waals surface area contributed by atoms with Gasteiger partial charge in [0.05, 0.1) is 23.4 Å². The second-order valence-electron chi connectivity index (χ2n) is 6.57. The number of carbonyl (C=O) groups excluding carboxylic acids is 2. The Hall–Kier alpha value is -2.63. The van der Waals surface area contributed by atoms with Crippen molar-refractivity contribution < 1.29 is 9.59 Å². The molecule has 124 valence electrons. The molecule has 2 amide bonds. The van der Waals surface area contributed by atoms with E-state index in [9.17, 15) is 9.59 Å². The maximum absolute atomic E-state index is 13.1. The van der Waals surface area contributed by atoms with Crippen molar-refractivity contribution in [2.75, 3.05) is 13.1 Å². The van der Waals surface area contributed by atoms with Crippen molar-refractivity contribution in [3.05, 3.63) is 42.1 Å². The average Bonchev–Trinajstić information content (AvgIpc) is 2.93. The molecule has 2 saturated heterocycles. The van der Waals surface area contributed by atoms with E-state index in [-0.39, 0.29) is 23.8 Å². The van der Waals surface area contributed by atoms with Gasteiger partial charge < -0.3 is 10.2 Å². The van der Waals surface area contributed by atoms with Gasteiger partial charge in [-0.1, -0.05) is 36.8 Å². The molecule has 3 heterocycles. The number of aromatic amines is 1. The summed E-state index contributed by atoms with van der Waals surface area (Å²) >= 11 is 0. The number of nitrogens with one attached hydrogen (secondary N) is 2. The quantitative estimate of drug-likeness (QED) is 0.884. The van der Waals surface area contributed by atoms with E-state index in [1.165, 1.54) is 0 Å². The Morgan fingerprint density at radius 3 is 2.83 bits per heavy atom. The second kappa shape index (κ2) is 6.11. The Morgan fingerprint density at radius 2 is 2.00 bits per heavy atom. The van der Waals surface area contributed by atoms with Gasteiger partial charge in [0.1, 0.15) is 0 Å². The van der Waals surface area contributed by atoms with Crippen molar-refractivity contribution in [3.8, 4) is 11.3 Å². The lowest BCUT2D eigenvalue weighted by atomic mass is 9.98. The molecule has 0 aliphatic carbocycles. The molecule has 0 radical (unpaired) electrons. The first-order valence-electron chi connectivity index (χ1n) is 8.41. The summed E-state index contributed by atoms with van der Waals surface area (Å²) in [5.74, 6) is -0.0761. The van der Waals surface area contributed by atoms with Gasteiger partial charge >= 0.3 is 0 Å². The first-order valence-corrected chi connectivity index (χ1v) is 8.41. The third-order valence-corrected chi connectivity index (χ3v) is 4.92. The van der Waals surface area contributed by atoms with Gasteiger partial charge in [0.2, 0.25) is 5.91 Å². The molecule has 2 aromatic rings. The smallest absolute Gasteiger partial charge is 0.257 e. The molecule has 0 unspecified atom stereocenters. The summed E-state index contributed by atoms with van der Waals surface area (Å²) < 4.78 is 0. The maximum atomic E-state index is 13.1. The van der Waals surface area contributed by atoms with Crippen LogP contribution in [0.25, 0.3) is 11.3 Å². The summed E-state index contributed by atoms with van der Waals surface area (Å²) in [4.78, 5) is 27.1. The van der Waals surface area contributed by atoms with Crippen molar-refractivity contribution in [2.45, 2.75) is 25.3 Å². The van der Waals surface area contributed by atoms with Crippen molar-refractivity contribution >= 4 is 11.8 Å². The Balaban J connectivity index is 1.63. The molecule has 1 aromatic carbocycles. The van der Waals surface area contributed by atoms with Gasteiger partial charge in [0, 0.05) is 24.7 Å². The number of nitrogens with zero attached hydrogens (tertiary/aromatic N) is 2. The van der Waals surface area contributed by atoms with Crippen LogP contribution < -0.4 is 5.32 Å². The molecule has 2 aliphatic heterocycles. The van der Waals surface area contributed by atoms with Crippen LogP contribution in [-0.4, -0.2) is 46.0 Å². The highest BCUT2D eigenvalue weighted by Gasteiger charge is 2.35. The van der Waals surface area contributed by atoms with E-state index < -0.39 is 0 Å². The van der Waals surface area contributed by atoms with Gasteiger partial charge in [0.15, 0.2) is 0 Å². The topological polar surface area (TPSA) is 78.1 Å². The van der Waals surface area contributed by atoms with Gasteiger partial charge in [0.25, 0.3) is 5.91 Å². The molecule has 0 spiro atoms. The molecule has 6 nitrogen and oxygen atoms in total. The van der Waals surface area contributed by atoms with E-state index >= 15 is 0 Å². The van der Waals surface area contributed by atoms with Crippen LogP contribution in [0.1, 0.15) is 29.6 Å². The molecule has 24 heavy (non-hydrogen) atoms. The fourth-order valence-electron chi connectivity index (χ4n) is 3.66. The number of H-pyrrole nitrogens is 1. The number of hydrogen-bond acceptors (Lipinski definition) is 3. The number of likely N-dealkylation sites (tertiary alicyclic amines) is 1. The number of fused-ring (bicyclic) bond motifs is 3. The minimum Gasteiger partial charge on any atom is -0.351 e. The highest BCUT2D eigenvalue weighted by Crippen LogP contribution is 2.26. The van der Waals surface area contributed by atoms with Crippen LogP contribution in [0.3, 0.4) is 0 Å². The fourth-order valence-corrected chi connectivity index (χ4v) is 3.66. The van der Waals surface area contributed by atoms with Gasteiger partial charge in [-0.3, -0.25) is 14.7 Å². The predicted molar refractivity (Wildman–Crippen MR) is 89.2 cm³/mol. The SMILES string of the molecule is O=C1N[C@@H]2CCC[C@@H]1CN(C(=O)c1cn[nH]c1-c1ccccc1)C2. The zero-order valence-electron chi connectivity index (χ0n) is 13.4. The van der Waals surface area contributed by atoms with E-state index in [0.29, 0.717) is 18.7 Å². The van der Waals surface area contributed by atoms with Gasteiger partial charge in [-0.25, -0.2) is 0 Å². The first kappa shape index (κ1) is 14.9. The number of rotatable bonds is 2. The molecular weight excluding hydrogens is 304 g/mol. The molecule has 2 N–H and O–H groups in total. The Bertz CT molecular complexity index is 755. The number of carbonyl (C=O) groups is 2. The van der Waals surface area contributed by atoms with Crippen LogP contribution in [0.5, 0.6) is 0 Å². The van der Waals surface area contributed by atoms with E-state index in [1.54, 1.807) is 6.20 Å². The molecule has 2 fully saturated rings. The molecule has 2 aliphatic rings. The number of amides is 2. The Labute approximate surface area is 140 Å². The zero-order valence-corrected chi connectivity index (χ0v) is 13.4. The lowest BCUT2D eigenvalue weighted by Crippen LogP contribution is -2.41. The number of benzene rings is 1. The fraction of sp³-hybridized carbons (Fsp3) is 0.389.